The highest BCUT2D eigenvalue weighted by molar-refractivity contribution is 5.71. The summed E-state index contributed by atoms with van der Waals surface area (Å²) in [4.78, 5) is 38.3. The Morgan fingerprint density at radius 2 is 0.487 bits per heavy atom. The van der Waals surface area contributed by atoms with Crippen molar-refractivity contribution in [2.45, 2.75) is 303 Å². The van der Waals surface area contributed by atoms with E-state index in [-0.39, 0.29) is 31.1 Å². The van der Waals surface area contributed by atoms with E-state index in [0.29, 0.717) is 19.3 Å². The first kappa shape index (κ1) is 75.5. The summed E-state index contributed by atoms with van der Waals surface area (Å²) >= 11 is 0. The summed E-state index contributed by atoms with van der Waals surface area (Å²) < 4.78 is 16.9. The molecule has 0 amide bonds. The van der Waals surface area contributed by atoms with Gasteiger partial charge in [0.15, 0.2) is 6.10 Å². The zero-order valence-electron chi connectivity index (χ0n) is 52.0. The van der Waals surface area contributed by atoms with E-state index in [1.807, 2.05) is 0 Å². The standard InChI is InChI=1S/C74H122O6/c1-4-7-10-13-16-19-22-25-27-29-31-33-35-36-37-38-40-41-43-45-47-49-52-55-58-61-64-67-73(76)79-70-71(69-78-72(75)66-63-60-57-54-51-24-21-18-15-12-9-6-3)80-74(77)68-65-62-59-56-53-50-48-46-44-42-39-34-32-30-28-26-23-20-17-14-11-8-5-2/h7,10,16,18-19,21,23,25-27,30-33,36-37,39-42,45,47,71H,4-6,8-9,11-15,17,20,22,24,28-29,34-35,38,43-44,46,48-70H2,1-3H3/b10-7-,19-16-,21-18-,26-23-,27-25-,32-30-,33-31-,37-36-,41-40-,42-39-,47-45-. The Hall–Kier alpha value is -4.45. The molecule has 0 radical (unpaired) electrons. The molecule has 0 aliphatic rings. The lowest BCUT2D eigenvalue weighted by Gasteiger charge is -2.18. The smallest absolute Gasteiger partial charge is 0.306 e. The molecule has 0 heterocycles. The lowest BCUT2D eigenvalue weighted by Crippen LogP contribution is -2.30. The van der Waals surface area contributed by atoms with Crippen molar-refractivity contribution in [2.24, 2.45) is 0 Å². The van der Waals surface area contributed by atoms with E-state index < -0.39 is 6.10 Å². The molecule has 0 saturated carbocycles. The van der Waals surface area contributed by atoms with Crippen molar-refractivity contribution >= 4 is 17.9 Å². The average molecular weight is 1110 g/mol. The highest BCUT2D eigenvalue weighted by atomic mass is 16.6. The van der Waals surface area contributed by atoms with Crippen LogP contribution in [0.4, 0.5) is 0 Å². The molecule has 0 fully saturated rings. The van der Waals surface area contributed by atoms with Crippen LogP contribution in [-0.2, 0) is 28.6 Å². The first-order valence-corrected chi connectivity index (χ1v) is 33.2. The summed E-state index contributed by atoms with van der Waals surface area (Å²) in [5, 5.41) is 0. The molecule has 0 N–H and O–H groups in total. The molecule has 0 spiro atoms. The zero-order chi connectivity index (χ0) is 57.8. The SMILES string of the molecule is CC/C=C\C/C=C\C/C=C\C/C=C\C/C=C\C/C=C\C/C=C\CCCCCCCC(=O)OCC(COC(=O)CCCCCCC/C=C\CCCCC)OC(=O)CCCCCCCCCC/C=C\C/C=C\C/C=C\CCCCCCC. The van der Waals surface area contributed by atoms with Crippen LogP contribution in [0.1, 0.15) is 297 Å². The number of ether oxygens (including phenoxy) is 3. The van der Waals surface area contributed by atoms with Crippen LogP contribution in [0.5, 0.6) is 0 Å². The lowest BCUT2D eigenvalue weighted by atomic mass is 10.1. The Bertz CT molecular complexity index is 1700. The molecule has 6 heteroatoms. The van der Waals surface area contributed by atoms with Gasteiger partial charge < -0.3 is 14.2 Å². The number of rotatable bonds is 59. The number of esters is 3. The van der Waals surface area contributed by atoms with Crippen LogP contribution in [-0.4, -0.2) is 37.2 Å². The molecule has 0 aromatic carbocycles. The van der Waals surface area contributed by atoms with E-state index in [1.165, 1.54) is 103 Å². The minimum atomic E-state index is -0.800. The summed E-state index contributed by atoms with van der Waals surface area (Å²) in [5.41, 5.74) is 0. The number of hydrogen-bond donors (Lipinski definition) is 0. The van der Waals surface area contributed by atoms with Crippen molar-refractivity contribution in [1.29, 1.82) is 0 Å². The second kappa shape index (κ2) is 67.1. The van der Waals surface area contributed by atoms with E-state index >= 15 is 0 Å². The molecule has 0 aromatic rings. The third-order valence-corrected chi connectivity index (χ3v) is 13.9. The highest BCUT2D eigenvalue weighted by Gasteiger charge is 2.19. The van der Waals surface area contributed by atoms with Gasteiger partial charge in [0.1, 0.15) is 13.2 Å². The van der Waals surface area contributed by atoms with Gasteiger partial charge in [0.2, 0.25) is 0 Å². The predicted octanol–water partition coefficient (Wildman–Crippen LogP) is 22.9. The van der Waals surface area contributed by atoms with E-state index in [1.54, 1.807) is 0 Å². The van der Waals surface area contributed by atoms with Crippen LogP contribution in [0.15, 0.2) is 134 Å². The molecular formula is C74H122O6. The first-order chi connectivity index (χ1) is 39.5. The predicted molar refractivity (Wildman–Crippen MR) is 348 cm³/mol. The lowest BCUT2D eigenvalue weighted by molar-refractivity contribution is -0.167. The van der Waals surface area contributed by atoms with Crippen molar-refractivity contribution in [3.8, 4) is 0 Å². The molecule has 0 bridgehead atoms. The molecule has 0 aromatic heterocycles. The van der Waals surface area contributed by atoms with Crippen LogP contribution < -0.4 is 0 Å². The summed E-state index contributed by atoms with van der Waals surface area (Å²) in [7, 11) is 0. The molecule has 0 aliphatic carbocycles. The normalized spacial score (nSPS) is 13.0. The molecule has 1 atom stereocenters. The third-order valence-electron chi connectivity index (χ3n) is 13.9. The Morgan fingerprint density at radius 1 is 0.263 bits per heavy atom. The van der Waals surface area contributed by atoms with Crippen LogP contribution in [0.2, 0.25) is 0 Å². The number of allylic oxidation sites excluding steroid dienone is 22. The van der Waals surface area contributed by atoms with E-state index in [0.717, 1.165) is 154 Å². The summed E-state index contributed by atoms with van der Waals surface area (Å²) in [5.74, 6) is -0.928. The van der Waals surface area contributed by atoms with Crippen LogP contribution >= 0.6 is 0 Å². The largest absolute Gasteiger partial charge is 0.462 e. The molecule has 0 aliphatic heterocycles. The van der Waals surface area contributed by atoms with E-state index in [9.17, 15) is 14.4 Å². The second-order valence-electron chi connectivity index (χ2n) is 21.6. The van der Waals surface area contributed by atoms with Crippen LogP contribution in [0.3, 0.4) is 0 Å². The third kappa shape index (κ3) is 64.4. The van der Waals surface area contributed by atoms with Crippen molar-refractivity contribution in [2.75, 3.05) is 13.2 Å². The molecule has 0 saturated heterocycles. The van der Waals surface area contributed by atoms with Crippen LogP contribution in [0, 0.1) is 0 Å². The minimum Gasteiger partial charge on any atom is -0.462 e. The highest BCUT2D eigenvalue weighted by Crippen LogP contribution is 2.15. The first-order valence-electron chi connectivity index (χ1n) is 33.2. The van der Waals surface area contributed by atoms with Gasteiger partial charge in [0.25, 0.3) is 0 Å². The fourth-order valence-electron chi connectivity index (χ4n) is 8.89. The number of unbranched alkanes of at least 4 members (excludes halogenated alkanes) is 26. The van der Waals surface area contributed by atoms with Crippen molar-refractivity contribution in [3.05, 3.63) is 134 Å². The van der Waals surface area contributed by atoms with Crippen molar-refractivity contribution < 1.29 is 28.6 Å². The molecular weight excluding hydrogens is 985 g/mol. The van der Waals surface area contributed by atoms with Gasteiger partial charge in [0, 0.05) is 19.3 Å². The van der Waals surface area contributed by atoms with Crippen molar-refractivity contribution in [3.63, 3.8) is 0 Å². The van der Waals surface area contributed by atoms with Gasteiger partial charge in [-0.15, -0.1) is 0 Å². The quantitative estimate of drug-likeness (QED) is 0.0261. The van der Waals surface area contributed by atoms with Gasteiger partial charge in [-0.25, -0.2) is 0 Å². The van der Waals surface area contributed by atoms with E-state index in [2.05, 4.69) is 154 Å². The monoisotopic (exact) mass is 1110 g/mol. The topological polar surface area (TPSA) is 78.9 Å². The maximum absolute atomic E-state index is 12.9. The Kier molecular flexibility index (Phi) is 63.3. The van der Waals surface area contributed by atoms with Gasteiger partial charge in [0.05, 0.1) is 0 Å². The van der Waals surface area contributed by atoms with Crippen LogP contribution in [0.25, 0.3) is 0 Å². The fraction of sp³-hybridized carbons (Fsp3) is 0.662. The zero-order valence-corrected chi connectivity index (χ0v) is 52.0. The minimum absolute atomic E-state index is 0.0949. The van der Waals surface area contributed by atoms with Gasteiger partial charge in [-0.3, -0.25) is 14.4 Å². The maximum atomic E-state index is 12.9. The average Bonchev–Trinajstić information content (AvgIpc) is 3.46. The van der Waals surface area contributed by atoms with Gasteiger partial charge in [-0.05, 0) is 141 Å². The Labute approximate surface area is 494 Å². The second-order valence-corrected chi connectivity index (χ2v) is 21.6. The van der Waals surface area contributed by atoms with Gasteiger partial charge >= 0.3 is 17.9 Å². The number of carbonyl (C=O) groups is 3. The molecule has 0 rings (SSSR count). The fourth-order valence-corrected chi connectivity index (χ4v) is 8.89. The van der Waals surface area contributed by atoms with Gasteiger partial charge in [-0.1, -0.05) is 270 Å². The molecule has 1 unspecified atom stereocenters. The molecule has 80 heavy (non-hydrogen) atoms. The maximum Gasteiger partial charge on any atom is 0.306 e. The van der Waals surface area contributed by atoms with Gasteiger partial charge in [-0.2, -0.15) is 0 Å². The molecule has 454 valence electrons. The summed E-state index contributed by atoms with van der Waals surface area (Å²) in [6.45, 7) is 6.47. The summed E-state index contributed by atoms with van der Waals surface area (Å²) in [6.07, 6.45) is 94.6. The Morgan fingerprint density at radius 3 is 0.800 bits per heavy atom. The van der Waals surface area contributed by atoms with E-state index in [4.69, 9.17) is 14.2 Å². The summed E-state index contributed by atoms with van der Waals surface area (Å²) in [6, 6.07) is 0. The van der Waals surface area contributed by atoms with Crippen molar-refractivity contribution in [1.82, 2.24) is 0 Å². The molecule has 6 nitrogen and oxygen atoms in total. The number of carbonyl (C=O) groups excluding carboxylic acids is 3. The Balaban J connectivity index is 4.39. The number of hydrogen-bond acceptors (Lipinski definition) is 6.